The third-order valence-corrected chi connectivity index (χ3v) is 3.76. The molecule has 1 aromatic heterocycles. The molecular weight excluding hydrogens is 268 g/mol. The van der Waals surface area contributed by atoms with Crippen LogP contribution in [0.2, 0.25) is 0 Å². The molecule has 0 bridgehead atoms. The molecule has 2 aromatic rings. The van der Waals surface area contributed by atoms with E-state index in [0.29, 0.717) is 6.61 Å². The van der Waals surface area contributed by atoms with E-state index in [0.717, 1.165) is 35.9 Å². The minimum absolute atomic E-state index is 0.173. The van der Waals surface area contributed by atoms with E-state index in [4.69, 9.17) is 9.57 Å². The third-order valence-electron chi connectivity index (χ3n) is 3.76. The van der Waals surface area contributed by atoms with Crippen molar-refractivity contribution >= 4 is 16.8 Å². The summed E-state index contributed by atoms with van der Waals surface area (Å²) in [4.78, 5) is 17.3. The summed E-state index contributed by atoms with van der Waals surface area (Å²) >= 11 is 0. The number of para-hydroxylation sites is 1. The van der Waals surface area contributed by atoms with E-state index in [-0.39, 0.29) is 18.7 Å². The number of benzene rings is 1. The van der Waals surface area contributed by atoms with Crippen LogP contribution >= 0.6 is 0 Å². The van der Waals surface area contributed by atoms with Gasteiger partial charge in [-0.3, -0.25) is 4.79 Å². The van der Waals surface area contributed by atoms with Crippen molar-refractivity contribution in [1.29, 1.82) is 0 Å². The number of aryl methyl sites for hydroxylation is 1. The van der Waals surface area contributed by atoms with Crippen molar-refractivity contribution in [3.05, 3.63) is 36.0 Å². The number of carbonyl (C=O) groups is 1. The topological polar surface area (TPSA) is 52.5 Å². The molecule has 1 atom stereocenters. The number of amides is 1. The summed E-state index contributed by atoms with van der Waals surface area (Å²) in [6.45, 7) is 2.94. The maximum atomic E-state index is 12.0. The Morgan fingerprint density at radius 3 is 3.10 bits per heavy atom. The number of ether oxygens (including phenoxy) is 1. The van der Waals surface area contributed by atoms with Crippen molar-refractivity contribution in [2.75, 3.05) is 6.61 Å². The highest BCUT2D eigenvalue weighted by atomic mass is 16.8. The van der Waals surface area contributed by atoms with Gasteiger partial charge in [0.2, 0.25) is 0 Å². The van der Waals surface area contributed by atoms with Gasteiger partial charge in [0.15, 0.2) is 6.29 Å². The molecule has 1 aliphatic rings. The Hall–Kier alpha value is -1.85. The maximum absolute atomic E-state index is 12.0. The highest BCUT2D eigenvalue weighted by Gasteiger charge is 2.16. The Morgan fingerprint density at radius 1 is 1.43 bits per heavy atom. The molecule has 0 spiro atoms. The van der Waals surface area contributed by atoms with Gasteiger partial charge in [0.05, 0.1) is 0 Å². The second kappa shape index (κ2) is 6.28. The van der Waals surface area contributed by atoms with Crippen LogP contribution in [0, 0.1) is 6.92 Å². The predicted molar refractivity (Wildman–Crippen MR) is 79.5 cm³/mol. The van der Waals surface area contributed by atoms with Crippen LogP contribution in [0.3, 0.4) is 0 Å². The van der Waals surface area contributed by atoms with Crippen LogP contribution in [0.4, 0.5) is 0 Å². The van der Waals surface area contributed by atoms with Gasteiger partial charge in [0.1, 0.15) is 6.54 Å². The SMILES string of the molecule is Cc1cc2ccccc2n1CC(=O)NO[C@@H]1CCCCO1. The molecule has 0 unspecified atom stereocenters. The molecule has 5 nitrogen and oxygen atoms in total. The first-order valence-corrected chi connectivity index (χ1v) is 7.35. The molecule has 3 rings (SSSR count). The smallest absolute Gasteiger partial charge is 0.263 e. The normalized spacial score (nSPS) is 18.8. The van der Waals surface area contributed by atoms with Crippen molar-refractivity contribution in [3.8, 4) is 0 Å². The van der Waals surface area contributed by atoms with Crippen molar-refractivity contribution in [1.82, 2.24) is 10.0 Å². The Bertz CT molecular complexity index is 629. The fourth-order valence-corrected chi connectivity index (χ4v) is 2.67. The van der Waals surface area contributed by atoms with Crippen molar-refractivity contribution in [2.24, 2.45) is 0 Å². The molecule has 1 N–H and O–H groups in total. The van der Waals surface area contributed by atoms with E-state index in [1.807, 2.05) is 35.8 Å². The monoisotopic (exact) mass is 288 g/mol. The zero-order valence-electron chi connectivity index (χ0n) is 12.2. The number of nitrogens with one attached hydrogen (secondary N) is 1. The maximum Gasteiger partial charge on any atom is 0.263 e. The van der Waals surface area contributed by atoms with Crippen LogP contribution in [-0.2, 0) is 20.9 Å². The van der Waals surface area contributed by atoms with Crippen LogP contribution in [0.15, 0.2) is 30.3 Å². The minimum Gasteiger partial charge on any atom is -0.350 e. The average molecular weight is 288 g/mol. The Kier molecular flexibility index (Phi) is 4.22. The second-order valence-electron chi connectivity index (χ2n) is 5.37. The number of carbonyl (C=O) groups excluding carboxylic acids is 1. The van der Waals surface area contributed by atoms with E-state index >= 15 is 0 Å². The van der Waals surface area contributed by atoms with Crippen molar-refractivity contribution < 1.29 is 14.4 Å². The molecule has 1 saturated heterocycles. The van der Waals surface area contributed by atoms with Gasteiger partial charge in [-0.1, -0.05) is 18.2 Å². The van der Waals surface area contributed by atoms with E-state index in [2.05, 4.69) is 11.5 Å². The molecule has 1 aromatic carbocycles. The van der Waals surface area contributed by atoms with Crippen LogP contribution in [0.5, 0.6) is 0 Å². The highest BCUT2D eigenvalue weighted by Crippen LogP contribution is 2.19. The summed E-state index contributed by atoms with van der Waals surface area (Å²) < 4.78 is 7.40. The average Bonchev–Trinajstić information content (AvgIpc) is 2.82. The minimum atomic E-state index is -0.315. The first-order chi connectivity index (χ1) is 10.2. The van der Waals surface area contributed by atoms with Crippen LogP contribution in [0.1, 0.15) is 25.0 Å². The quantitative estimate of drug-likeness (QED) is 0.880. The van der Waals surface area contributed by atoms with Gasteiger partial charge in [0, 0.05) is 24.2 Å². The zero-order chi connectivity index (χ0) is 14.7. The summed E-state index contributed by atoms with van der Waals surface area (Å²) in [5.41, 5.74) is 4.61. The lowest BCUT2D eigenvalue weighted by molar-refractivity contribution is -0.200. The first kappa shape index (κ1) is 14.1. The molecule has 1 aliphatic heterocycles. The molecule has 0 saturated carbocycles. The highest BCUT2D eigenvalue weighted by molar-refractivity contribution is 5.84. The number of hydrogen-bond donors (Lipinski definition) is 1. The lowest BCUT2D eigenvalue weighted by atomic mass is 10.2. The Labute approximate surface area is 123 Å². The van der Waals surface area contributed by atoms with Gasteiger partial charge in [-0.05, 0) is 37.3 Å². The zero-order valence-corrected chi connectivity index (χ0v) is 12.2. The summed E-state index contributed by atoms with van der Waals surface area (Å²) in [6, 6.07) is 10.1. The van der Waals surface area contributed by atoms with Gasteiger partial charge in [0.25, 0.3) is 5.91 Å². The van der Waals surface area contributed by atoms with Gasteiger partial charge in [-0.2, -0.15) is 0 Å². The second-order valence-corrected chi connectivity index (χ2v) is 5.37. The number of rotatable bonds is 4. The third kappa shape index (κ3) is 3.25. The van der Waals surface area contributed by atoms with Crippen molar-refractivity contribution in [2.45, 2.75) is 39.0 Å². The largest absolute Gasteiger partial charge is 0.350 e. The number of hydroxylamine groups is 1. The summed E-state index contributed by atoms with van der Waals surface area (Å²) in [5, 5.41) is 1.14. The lowest BCUT2D eigenvalue weighted by Gasteiger charge is -2.22. The van der Waals surface area contributed by atoms with Crippen LogP contribution in [-0.4, -0.2) is 23.4 Å². The summed E-state index contributed by atoms with van der Waals surface area (Å²) in [5.74, 6) is -0.173. The van der Waals surface area contributed by atoms with E-state index in [1.54, 1.807) is 0 Å². The lowest BCUT2D eigenvalue weighted by Crippen LogP contribution is -2.35. The van der Waals surface area contributed by atoms with Crippen LogP contribution < -0.4 is 5.48 Å². The van der Waals surface area contributed by atoms with Gasteiger partial charge in [-0.25, -0.2) is 10.3 Å². The number of aromatic nitrogens is 1. The molecule has 1 amide bonds. The van der Waals surface area contributed by atoms with E-state index in [1.165, 1.54) is 0 Å². The summed E-state index contributed by atoms with van der Waals surface area (Å²) in [6.07, 6.45) is 2.64. The molecule has 0 aliphatic carbocycles. The standard InChI is InChI=1S/C16H20N2O3/c1-12-10-13-6-2-3-7-14(13)18(12)11-15(19)17-21-16-8-4-5-9-20-16/h2-3,6-7,10,16H,4-5,8-9,11H2,1H3,(H,17,19)/t16-/m1/s1. The Balaban J connectivity index is 1.62. The molecule has 1 fully saturated rings. The molecule has 0 radical (unpaired) electrons. The fraction of sp³-hybridized carbons (Fsp3) is 0.438. The van der Waals surface area contributed by atoms with Crippen LogP contribution in [0.25, 0.3) is 10.9 Å². The molecule has 112 valence electrons. The first-order valence-electron chi connectivity index (χ1n) is 7.35. The fourth-order valence-electron chi connectivity index (χ4n) is 2.67. The van der Waals surface area contributed by atoms with E-state index < -0.39 is 0 Å². The van der Waals surface area contributed by atoms with Gasteiger partial charge in [-0.15, -0.1) is 0 Å². The van der Waals surface area contributed by atoms with Crippen molar-refractivity contribution in [3.63, 3.8) is 0 Å². The number of hydrogen-bond acceptors (Lipinski definition) is 3. The van der Waals surface area contributed by atoms with E-state index in [9.17, 15) is 4.79 Å². The number of fused-ring (bicyclic) bond motifs is 1. The molecular formula is C16H20N2O3. The molecule has 5 heteroatoms. The summed E-state index contributed by atoms with van der Waals surface area (Å²) in [7, 11) is 0. The predicted octanol–water partition coefficient (Wildman–Crippen LogP) is 2.52. The van der Waals surface area contributed by atoms with Gasteiger partial charge >= 0.3 is 0 Å². The molecule has 2 heterocycles. The Morgan fingerprint density at radius 2 is 2.29 bits per heavy atom. The molecule has 21 heavy (non-hydrogen) atoms. The number of nitrogens with zero attached hydrogens (tertiary/aromatic N) is 1. The van der Waals surface area contributed by atoms with Gasteiger partial charge < -0.3 is 9.30 Å².